The van der Waals surface area contributed by atoms with E-state index in [1.807, 2.05) is 0 Å². The van der Waals surface area contributed by atoms with Crippen LogP contribution in [0.2, 0.25) is 29.7 Å². The number of halogens is 5. The van der Waals surface area contributed by atoms with Gasteiger partial charge in [0.05, 0.1) is 15.7 Å². The second-order valence-corrected chi connectivity index (χ2v) is 12.1. The fraction of sp³-hybridized carbons (Fsp3) is 0.467. The Morgan fingerprint density at radius 1 is 1.17 bits per heavy atom. The highest BCUT2D eigenvalue weighted by Crippen LogP contribution is 2.53. The topological polar surface area (TPSA) is 25.0 Å². The van der Waals surface area contributed by atoms with Gasteiger partial charge in [-0.15, -0.1) is 0 Å². The number of fused-ring (bicyclic) bond motifs is 3. The third-order valence-electron chi connectivity index (χ3n) is 4.02. The van der Waals surface area contributed by atoms with Gasteiger partial charge in [-0.2, -0.15) is 13.2 Å². The molecule has 1 aromatic heterocycles. The van der Waals surface area contributed by atoms with E-state index in [4.69, 9.17) is 27.6 Å². The lowest BCUT2D eigenvalue weighted by molar-refractivity contribution is -0.258. The molecule has 0 spiro atoms. The van der Waals surface area contributed by atoms with Gasteiger partial charge in [0.25, 0.3) is 0 Å². The van der Waals surface area contributed by atoms with Crippen LogP contribution in [0.4, 0.5) is 13.2 Å². The Labute approximate surface area is 143 Å². The van der Waals surface area contributed by atoms with Gasteiger partial charge in [-0.1, -0.05) is 23.2 Å². The number of rotatable bonds is 2. The van der Waals surface area contributed by atoms with Crippen LogP contribution in [0.1, 0.15) is 17.7 Å². The first kappa shape index (κ1) is 17.1. The van der Waals surface area contributed by atoms with E-state index in [1.165, 1.54) is 0 Å². The molecule has 0 radical (unpaired) electrons. The van der Waals surface area contributed by atoms with Crippen molar-refractivity contribution in [3.8, 4) is 0 Å². The second-order valence-electron chi connectivity index (χ2n) is 6.83. The van der Waals surface area contributed by atoms with Crippen LogP contribution in [-0.4, -0.2) is 19.5 Å². The molecule has 2 aromatic rings. The molecule has 3 rings (SSSR count). The summed E-state index contributed by atoms with van der Waals surface area (Å²) < 4.78 is 47.5. The molecule has 0 saturated heterocycles. The maximum Gasteiger partial charge on any atom is 0.422 e. The van der Waals surface area contributed by atoms with Crippen molar-refractivity contribution in [3.63, 3.8) is 0 Å². The largest absolute Gasteiger partial charge is 0.422 e. The minimum Gasteiger partial charge on any atom is -0.399 e. The number of benzene rings is 1. The molecule has 0 fully saturated rings. The first-order valence-corrected chi connectivity index (χ1v) is 11.4. The molecule has 0 saturated carbocycles. The first-order valence-electron chi connectivity index (χ1n) is 7.21. The van der Waals surface area contributed by atoms with Gasteiger partial charge in [-0.3, -0.25) is 0 Å². The lowest BCUT2D eigenvalue weighted by Gasteiger charge is -2.37. The highest BCUT2D eigenvalue weighted by Gasteiger charge is 2.62. The van der Waals surface area contributed by atoms with E-state index in [0.717, 1.165) is 0 Å². The Balaban J connectivity index is 2.25. The molecule has 1 aromatic carbocycles. The van der Waals surface area contributed by atoms with Gasteiger partial charge in [0, 0.05) is 10.9 Å². The molecule has 1 heterocycles. The molecule has 1 aliphatic carbocycles. The van der Waals surface area contributed by atoms with Crippen molar-refractivity contribution in [1.29, 1.82) is 0 Å². The Morgan fingerprint density at radius 2 is 1.78 bits per heavy atom. The maximum atomic E-state index is 13.9. The number of nitrogens with one attached hydrogen (secondary N) is 1. The molecule has 2 nitrogen and oxygen atoms in total. The van der Waals surface area contributed by atoms with Crippen molar-refractivity contribution in [2.45, 2.75) is 44.3 Å². The predicted molar refractivity (Wildman–Crippen MR) is 88.8 cm³/mol. The number of alkyl halides is 3. The summed E-state index contributed by atoms with van der Waals surface area (Å²) in [4.78, 5) is 2.90. The zero-order chi connectivity index (χ0) is 17.2. The lowest BCUT2D eigenvalue weighted by Crippen LogP contribution is -2.49. The SMILES string of the molecule is C[Si](C)(C)OC1(C(F)(F)F)CCc2c1[nH]c1cc(Cl)c(Cl)cc21. The smallest absolute Gasteiger partial charge is 0.399 e. The van der Waals surface area contributed by atoms with Crippen LogP contribution in [0.3, 0.4) is 0 Å². The Hall–Kier alpha value is -0.693. The van der Waals surface area contributed by atoms with Crippen molar-refractivity contribution in [3.05, 3.63) is 33.4 Å². The number of hydrogen-bond donors (Lipinski definition) is 1. The third-order valence-corrected chi connectivity index (χ3v) is 5.70. The zero-order valence-corrected chi connectivity index (χ0v) is 15.4. The summed E-state index contributed by atoms with van der Waals surface area (Å²) in [5, 5.41) is 1.32. The van der Waals surface area contributed by atoms with E-state index >= 15 is 0 Å². The predicted octanol–water partition coefficient (Wildman–Crippen LogP) is 6.03. The fourth-order valence-electron chi connectivity index (χ4n) is 3.24. The fourth-order valence-corrected chi connectivity index (χ4v) is 4.93. The molecule has 0 aliphatic heterocycles. The number of aryl methyl sites for hydroxylation is 1. The Bertz CT molecular complexity index is 782. The molecule has 126 valence electrons. The molecule has 1 unspecified atom stereocenters. The third kappa shape index (κ3) is 2.69. The number of H-pyrrole nitrogens is 1. The summed E-state index contributed by atoms with van der Waals surface area (Å²) in [5.41, 5.74) is -1.00. The average molecular weight is 382 g/mol. The number of aromatic nitrogens is 1. The minimum absolute atomic E-state index is 0.0979. The monoisotopic (exact) mass is 381 g/mol. The van der Waals surface area contributed by atoms with Crippen LogP contribution in [0.25, 0.3) is 10.9 Å². The van der Waals surface area contributed by atoms with Crippen LogP contribution in [0.15, 0.2) is 12.1 Å². The molecule has 1 aliphatic rings. The normalized spacial score (nSPS) is 21.9. The van der Waals surface area contributed by atoms with E-state index in [2.05, 4.69) is 4.98 Å². The van der Waals surface area contributed by atoms with E-state index in [9.17, 15) is 13.2 Å². The molecule has 0 amide bonds. The van der Waals surface area contributed by atoms with Crippen molar-refractivity contribution in [2.75, 3.05) is 0 Å². The highest BCUT2D eigenvalue weighted by molar-refractivity contribution is 6.69. The molecule has 23 heavy (non-hydrogen) atoms. The lowest BCUT2D eigenvalue weighted by atomic mass is 10.0. The minimum atomic E-state index is -4.49. The number of hydrogen-bond acceptors (Lipinski definition) is 1. The van der Waals surface area contributed by atoms with Crippen LogP contribution < -0.4 is 0 Å². The summed E-state index contributed by atoms with van der Waals surface area (Å²) in [6, 6.07) is 3.18. The van der Waals surface area contributed by atoms with Gasteiger partial charge in [-0.05, 0) is 50.2 Å². The molecule has 8 heteroatoms. The standard InChI is InChI=1S/C15H16Cl2F3NOSi/c1-23(2,3)22-14(15(18,19)20)5-4-8-9-6-10(16)11(17)7-12(9)21-13(8)14/h6-7,21H,4-5H2,1-3H3. The molecule has 0 bridgehead atoms. The second kappa shape index (κ2) is 5.15. The summed E-state index contributed by atoms with van der Waals surface area (Å²) in [6.45, 7) is 5.28. The van der Waals surface area contributed by atoms with Crippen LogP contribution >= 0.6 is 23.2 Å². The van der Waals surface area contributed by atoms with Crippen LogP contribution in [-0.2, 0) is 16.4 Å². The maximum absolute atomic E-state index is 13.9. The molecular formula is C15H16Cl2F3NOSi. The number of aromatic amines is 1. The molecular weight excluding hydrogens is 366 g/mol. The van der Waals surface area contributed by atoms with Gasteiger partial charge in [0.15, 0.2) is 13.9 Å². The van der Waals surface area contributed by atoms with E-state index in [0.29, 0.717) is 26.5 Å². The average Bonchev–Trinajstić information content (AvgIpc) is 2.87. The van der Waals surface area contributed by atoms with Crippen molar-refractivity contribution in [1.82, 2.24) is 4.98 Å². The van der Waals surface area contributed by atoms with Gasteiger partial charge in [0.1, 0.15) is 0 Å². The highest BCUT2D eigenvalue weighted by atomic mass is 35.5. The van der Waals surface area contributed by atoms with Gasteiger partial charge in [0.2, 0.25) is 0 Å². The van der Waals surface area contributed by atoms with Crippen LogP contribution in [0, 0.1) is 0 Å². The van der Waals surface area contributed by atoms with Crippen molar-refractivity contribution >= 4 is 42.4 Å². The van der Waals surface area contributed by atoms with Gasteiger partial charge >= 0.3 is 6.18 Å². The summed E-state index contributed by atoms with van der Waals surface area (Å²) in [5.74, 6) is 0. The van der Waals surface area contributed by atoms with Crippen molar-refractivity contribution in [2.24, 2.45) is 0 Å². The van der Waals surface area contributed by atoms with E-state index in [-0.39, 0.29) is 18.5 Å². The quantitative estimate of drug-likeness (QED) is 0.631. The van der Waals surface area contributed by atoms with E-state index in [1.54, 1.807) is 31.8 Å². The molecule has 1 atom stereocenters. The summed E-state index contributed by atoms with van der Waals surface area (Å²) in [6.07, 6.45) is -4.32. The Kier molecular flexibility index (Phi) is 3.84. The van der Waals surface area contributed by atoms with E-state index < -0.39 is 20.1 Å². The summed E-state index contributed by atoms with van der Waals surface area (Å²) in [7, 11) is -2.44. The van der Waals surface area contributed by atoms with Gasteiger partial charge in [-0.25, -0.2) is 0 Å². The first-order chi connectivity index (χ1) is 10.4. The zero-order valence-electron chi connectivity index (χ0n) is 12.9. The van der Waals surface area contributed by atoms with Crippen LogP contribution in [0.5, 0.6) is 0 Å². The van der Waals surface area contributed by atoms with Crippen molar-refractivity contribution < 1.29 is 17.6 Å². The molecule has 1 N–H and O–H groups in total. The summed E-state index contributed by atoms with van der Waals surface area (Å²) >= 11 is 12.0. The van der Waals surface area contributed by atoms with Gasteiger partial charge < -0.3 is 9.41 Å². The Morgan fingerprint density at radius 3 is 2.35 bits per heavy atom.